The van der Waals surface area contributed by atoms with Gasteiger partial charge in [0, 0.05) is 30.7 Å². The van der Waals surface area contributed by atoms with E-state index in [0.717, 1.165) is 29.5 Å². The van der Waals surface area contributed by atoms with Crippen molar-refractivity contribution < 1.29 is 0 Å². The third-order valence-corrected chi connectivity index (χ3v) is 4.19. The minimum Gasteiger partial charge on any atom is -0.345 e. The number of fused-ring (bicyclic) bond motifs is 1. The number of para-hydroxylation sites is 1. The van der Waals surface area contributed by atoms with Gasteiger partial charge in [0.05, 0.1) is 10.5 Å². The summed E-state index contributed by atoms with van der Waals surface area (Å²) in [4.78, 5) is 0. The van der Waals surface area contributed by atoms with Crippen LogP contribution in [-0.4, -0.2) is 17.2 Å². The topological polar surface area (TPSA) is 17.0 Å². The number of hydrogen-bond acceptors (Lipinski definition) is 1. The summed E-state index contributed by atoms with van der Waals surface area (Å²) in [5, 5.41) is 5.66. The van der Waals surface area contributed by atoms with Crippen LogP contribution in [0, 0.1) is 5.92 Å². The van der Waals surface area contributed by atoms with E-state index in [1.54, 1.807) is 0 Å². The third-order valence-electron chi connectivity index (χ3n) is 3.89. The number of halogens is 1. The molecule has 1 heterocycles. The molecule has 1 aliphatic carbocycles. The van der Waals surface area contributed by atoms with Gasteiger partial charge in [-0.05, 0) is 37.8 Å². The fourth-order valence-corrected chi connectivity index (χ4v) is 2.87. The first kappa shape index (κ1) is 12.1. The maximum absolute atomic E-state index is 6.26. The lowest BCUT2D eigenvalue weighted by Gasteiger charge is -2.13. The van der Waals surface area contributed by atoms with E-state index in [2.05, 4.69) is 35.1 Å². The van der Waals surface area contributed by atoms with Crippen molar-refractivity contribution >= 4 is 22.5 Å². The van der Waals surface area contributed by atoms with Crippen LogP contribution in [-0.2, 0) is 6.54 Å². The number of aromatic nitrogens is 1. The Hall–Kier alpha value is -0.990. The molecule has 2 nitrogen and oxygen atoms in total. The lowest BCUT2D eigenvalue weighted by Crippen LogP contribution is -2.30. The van der Waals surface area contributed by atoms with E-state index < -0.39 is 0 Å². The van der Waals surface area contributed by atoms with Crippen LogP contribution in [0.25, 0.3) is 10.9 Å². The highest BCUT2D eigenvalue weighted by atomic mass is 35.5. The summed E-state index contributed by atoms with van der Waals surface area (Å²) in [6, 6.07) is 8.86. The molecular weight excluding hydrogens is 244 g/mol. The van der Waals surface area contributed by atoms with Crippen molar-refractivity contribution in [1.29, 1.82) is 0 Å². The first-order valence-corrected chi connectivity index (χ1v) is 7.10. The maximum Gasteiger partial charge on any atom is 0.0670 e. The molecule has 1 fully saturated rings. The highest BCUT2D eigenvalue weighted by molar-refractivity contribution is 6.35. The molecule has 2 aromatic rings. The molecule has 1 saturated carbocycles. The minimum atomic E-state index is 0.655. The Labute approximate surface area is 113 Å². The number of nitrogens with zero attached hydrogens (tertiary/aromatic N) is 1. The molecule has 1 unspecified atom stereocenters. The van der Waals surface area contributed by atoms with Crippen molar-refractivity contribution in [1.82, 2.24) is 9.88 Å². The molecule has 1 N–H and O–H groups in total. The second kappa shape index (κ2) is 4.94. The average molecular weight is 263 g/mol. The van der Waals surface area contributed by atoms with Gasteiger partial charge in [-0.3, -0.25) is 0 Å². The number of hydrogen-bond donors (Lipinski definition) is 1. The Morgan fingerprint density at radius 1 is 1.39 bits per heavy atom. The van der Waals surface area contributed by atoms with Crippen LogP contribution in [0.5, 0.6) is 0 Å². The molecule has 3 heteroatoms. The van der Waals surface area contributed by atoms with Gasteiger partial charge in [0.25, 0.3) is 0 Å². The number of benzene rings is 1. The summed E-state index contributed by atoms with van der Waals surface area (Å²) < 4.78 is 2.24. The van der Waals surface area contributed by atoms with Gasteiger partial charge in [0.2, 0.25) is 0 Å². The molecular formula is C15H19ClN2. The maximum atomic E-state index is 6.26. The Morgan fingerprint density at radius 2 is 2.22 bits per heavy atom. The summed E-state index contributed by atoms with van der Waals surface area (Å²) in [5.74, 6) is 0.912. The smallest absolute Gasteiger partial charge is 0.0670 e. The SMILES string of the molecule is CC(NCCn1ccc2cccc(Cl)c21)C1CC1. The van der Waals surface area contributed by atoms with E-state index in [-0.39, 0.29) is 0 Å². The zero-order valence-electron chi connectivity index (χ0n) is 10.7. The van der Waals surface area contributed by atoms with Crippen molar-refractivity contribution in [2.75, 3.05) is 6.54 Å². The van der Waals surface area contributed by atoms with Crippen molar-refractivity contribution in [3.8, 4) is 0 Å². The average Bonchev–Trinajstić information content (AvgIpc) is 3.12. The first-order chi connectivity index (χ1) is 8.75. The van der Waals surface area contributed by atoms with E-state index in [4.69, 9.17) is 11.6 Å². The fourth-order valence-electron chi connectivity index (χ4n) is 2.58. The van der Waals surface area contributed by atoms with Gasteiger partial charge in [-0.15, -0.1) is 0 Å². The second-order valence-electron chi connectivity index (χ2n) is 5.27. The van der Waals surface area contributed by atoms with Gasteiger partial charge < -0.3 is 9.88 Å². The molecule has 1 atom stereocenters. The lowest BCUT2D eigenvalue weighted by atomic mass is 10.2. The fraction of sp³-hybridized carbons (Fsp3) is 0.467. The zero-order valence-corrected chi connectivity index (χ0v) is 11.5. The normalized spacial score (nSPS) is 17.2. The number of nitrogens with one attached hydrogen (secondary N) is 1. The third kappa shape index (κ3) is 2.40. The standard InChI is InChI=1S/C15H19ClN2/c1-11(12-5-6-12)17-8-10-18-9-7-13-3-2-4-14(16)15(13)18/h2-4,7,9,11-12,17H,5-6,8,10H2,1H3. The summed E-state index contributed by atoms with van der Waals surface area (Å²) in [6.45, 7) is 4.27. The van der Waals surface area contributed by atoms with Crippen LogP contribution in [0.3, 0.4) is 0 Å². The Bertz CT molecular complexity index is 542. The zero-order chi connectivity index (χ0) is 12.5. The monoisotopic (exact) mass is 262 g/mol. The largest absolute Gasteiger partial charge is 0.345 e. The van der Waals surface area contributed by atoms with E-state index in [1.807, 2.05) is 12.1 Å². The highest BCUT2D eigenvalue weighted by Gasteiger charge is 2.27. The molecule has 1 aromatic heterocycles. The molecule has 1 aromatic carbocycles. The van der Waals surface area contributed by atoms with Gasteiger partial charge in [0.15, 0.2) is 0 Å². The second-order valence-corrected chi connectivity index (χ2v) is 5.67. The molecule has 3 rings (SSSR count). The summed E-state index contributed by atoms with van der Waals surface area (Å²) in [5.41, 5.74) is 1.15. The van der Waals surface area contributed by atoms with Crippen LogP contribution in [0.2, 0.25) is 5.02 Å². The van der Waals surface area contributed by atoms with Crippen LogP contribution >= 0.6 is 11.6 Å². The molecule has 0 amide bonds. The molecule has 0 bridgehead atoms. The van der Waals surface area contributed by atoms with Crippen molar-refractivity contribution in [3.05, 3.63) is 35.5 Å². The molecule has 0 saturated heterocycles. The van der Waals surface area contributed by atoms with E-state index in [9.17, 15) is 0 Å². The first-order valence-electron chi connectivity index (χ1n) is 6.72. The van der Waals surface area contributed by atoms with Crippen LogP contribution < -0.4 is 5.32 Å². The Balaban J connectivity index is 1.67. The van der Waals surface area contributed by atoms with Crippen LogP contribution in [0.15, 0.2) is 30.5 Å². The predicted molar refractivity (Wildman–Crippen MR) is 77.1 cm³/mol. The molecule has 0 radical (unpaired) electrons. The van der Waals surface area contributed by atoms with E-state index in [1.165, 1.54) is 18.2 Å². The quantitative estimate of drug-likeness (QED) is 0.870. The van der Waals surface area contributed by atoms with Crippen LogP contribution in [0.1, 0.15) is 19.8 Å². The van der Waals surface area contributed by atoms with Crippen molar-refractivity contribution in [2.24, 2.45) is 5.92 Å². The molecule has 0 spiro atoms. The summed E-state index contributed by atoms with van der Waals surface area (Å²) >= 11 is 6.26. The predicted octanol–water partition coefficient (Wildman–Crippen LogP) is 3.68. The van der Waals surface area contributed by atoms with Crippen LogP contribution in [0.4, 0.5) is 0 Å². The van der Waals surface area contributed by atoms with Crippen molar-refractivity contribution in [3.63, 3.8) is 0 Å². The highest BCUT2D eigenvalue weighted by Crippen LogP contribution is 2.32. The summed E-state index contributed by atoms with van der Waals surface area (Å²) in [6.07, 6.45) is 4.92. The lowest BCUT2D eigenvalue weighted by molar-refractivity contribution is 0.478. The van der Waals surface area contributed by atoms with Gasteiger partial charge in [0.1, 0.15) is 0 Å². The molecule has 0 aliphatic heterocycles. The van der Waals surface area contributed by atoms with E-state index >= 15 is 0 Å². The summed E-state index contributed by atoms with van der Waals surface area (Å²) in [7, 11) is 0. The Kier molecular flexibility index (Phi) is 3.31. The molecule has 96 valence electrons. The number of rotatable bonds is 5. The van der Waals surface area contributed by atoms with Gasteiger partial charge in [-0.25, -0.2) is 0 Å². The van der Waals surface area contributed by atoms with Gasteiger partial charge in [-0.2, -0.15) is 0 Å². The Morgan fingerprint density at radius 3 is 3.00 bits per heavy atom. The minimum absolute atomic E-state index is 0.655. The van der Waals surface area contributed by atoms with Gasteiger partial charge >= 0.3 is 0 Å². The van der Waals surface area contributed by atoms with Gasteiger partial charge in [-0.1, -0.05) is 23.7 Å². The molecule has 18 heavy (non-hydrogen) atoms. The van der Waals surface area contributed by atoms with E-state index in [0.29, 0.717) is 6.04 Å². The van der Waals surface area contributed by atoms with Crippen molar-refractivity contribution in [2.45, 2.75) is 32.4 Å². The molecule has 1 aliphatic rings.